The first-order valence-corrected chi connectivity index (χ1v) is 8.45. The van der Waals surface area contributed by atoms with Crippen LogP contribution in [0.15, 0.2) is 48.5 Å². The smallest absolute Gasteiger partial charge is 0.405 e. The maximum atomic E-state index is 13.6. The molecule has 7 nitrogen and oxygen atoms in total. The number of esters is 1. The zero-order valence-corrected chi connectivity index (χ0v) is 14.6. The Morgan fingerprint density at radius 3 is 2.66 bits per heavy atom. The van der Waals surface area contributed by atoms with E-state index in [1.165, 1.54) is 36.4 Å². The molecule has 0 saturated heterocycles. The highest BCUT2D eigenvalue weighted by Crippen LogP contribution is 2.46. The Labute approximate surface area is 161 Å². The number of carbonyl (C=O) groups excluding carboxylic acids is 1. The summed E-state index contributed by atoms with van der Waals surface area (Å²) in [5.41, 5.74) is -0.283. The van der Waals surface area contributed by atoms with Crippen LogP contribution >= 0.6 is 0 Å². The van der Waals surface area contributed by atoms with E-state index in [2.05, 4.69) is 10.2 Å². The Bertz CT molecular complexity index is 1120. The SMILES string of the molecule is O=C1C[C@H](c2ccccc2C(F)(F)F)c2c(n[nH]c2-c2cccc([N+](=O)[O-])c2)O1. The highest BCUT2D eigenvalue weighted by molar-refractivity contribution is 5.81. The number of benzene rings is 2. The molecule has 3 aromatic rings. The van der Waals surface area contributed by atoms with E-state index in [0.29, 0.717) is 5.56 Å². The number of nitrogens with one attached hydrogen (secondary N) is 1. The van der Waals surface area contributed by atoms with Crippen molar-refractivity contribution in [3.05, 3.63) is 75.3 Å². The Morgan fingerprint density at radius 1 is 1.17 bits per heavy atom. The molecule has 0 spiro atoms. The Morgan fingerprint density at radius 2 is 1.93 bits per heavy atom. The maximum Gasteiger partial charge on any atom is 0.416 e. The predicted octanol–water partition coefficient (Wildman–Crippen LogP) is 4.44. The van der Waals surface area contributed by atoms with Crippen molar-refractivity contribution >= 4 is 11.7 Å². The van der Waals surface area contributed by atoms with Gasteiger partial charge in [0.15, 0.2) is 0 Å². The molecular weight excluding hydrogens is 391 g/mol. The summed E-state index contributed by atoms with van der Waals surface area (Å²) < 4.78 is 45.8. The number of rotatable bonds is 3. The first-order chi connectivity index (χ1) is 13.8. The zero-order valence-electron chi connectivity index (χ0n) is 14.6. The lowest BCUT2D eigenvalue weighted by Gasteiger charge is -2.25. The molecule has 0 unspecified atom stereocenters. The minimum Gasteiger partial charge on any atom is -0.405 e. The topological polar surface area (TPSA) is 98.1 Å². The maximum absolute atomic E-state index is 13.6. The number of nitrogens with zero attached hydrogens (tertiary/aromatic N) is 2. The number of carbonyl (C=O) groups is 1. The third-order valence-electron chi connectivity index (χ3n) is 4.69. The highest BCUT2D eigenvalue weighted by Gasteiger charge is 2.40. The molecule has 10 heteroatoms. The minimum absolute atomic E-state index is 0.0917. The molecule has 148 valence electrons. The lowest BCUT2D eigenvalue weighted by molar-refractivity contribution is -0.384. The van der Waals surface area contributed by atoms with Crippen LogP contribution in [0, 0.1) is 10.1 Å². The fraction of sp³-hybridized carbons (Fsp3) is 0.158. The summed E-state index contributed by atoms with van der Waals surface area (Å²) in [4.78, 5) is 22.5. The standard InChI is InChI=1S/C19H12F3N3O4/c20-19(21,22)14-7-2-1-6-12(14)13-9-15(26)29-18-16(13)17(23-24-18)10-4-3-5-11(8-10)25(27)28/h1-8,13H,9H2,(H,23,24)/t13-/m1/s1. The molecule has 0 amide bonds. The summed E-state index contributed by atoms with van der Waals surface area (Å²) in [5, 5.41) is 17.6. The first kappa shape index (κ1) is 18.7. The van der Waals surface area contributed by atoms with Gasteiger partial charge >= 0.3 is 12.1 Å². The van der Waals surface area contributed by atoms with Gasteiger partial charge in [0.05, 0.1) is 28.2 Å². The summed E-state index contributed by atoms with van der Waals surface area (Å²) in [7, 11) is 0. The van der Waals surface area contributed by atoms with Crippen LogP contribution in [0.4, 0.5) is 18.9 Å². The number of hydrogen-bond acceptors (Lipinski definition) is 5. The number of alkyl halides is 3. The van der Waals surface area contributed by atoms with Crippen LogP contribution in [-0.4, -0.2) is 21.1 Å². The second kappa shape index (κ2) is 6.73. The van der Waals surface area contributed by atoms with Crippen molar-refractivity contribution in [2.75, 3.05) is 0 Å². The predicted molar refractivity (Wildman–Crippen MR) is 94.2 cm³/mol. The van der Waals surface area contributed by atoms with Gasteiger partial charge in [0.1, 0.15) is 0 Å². The number of hydrogen-bond donors (Lipinski definition) is 1. The van der Waals surface area contributed by atoms with Crippen molar-refractivity contribution in [1.82, 2.24) is 10.2 Å². The van der Waals surface area contributed by atoms with Crippen molar-refractivity contribution in [3.8, 4) is 17.1 Å². The van der Waals surface area contributed by atoms with Crippen LogP contribution in [0.5, 0.6) is 5.88 Å². The van der Waals surface area contributed by atoms with E-state index in [9.17, 15) is 28.1 Å². The molecule has 4 rings (SSSR count). The van der Waals surface area contributed by atoms with Gasteiger partial charge in [-0.3, -0.25) is 20.0 Å². The third-order valence-corrected chi connectivity index (χ3v) is 4.69. The molecule has 0 fully saturated rings. The van der Waals surface area contributed by atoms with Gasteiger partial charge in [-0.1, -0.05) is 30.3 Å². The number of aromatic amines is 1. The van der Waals surface area contributed by atoms with Gasteiger partial charge in [-0.2, -0.15) is 13.2 Å². The van der Waals surface area contributed by atoms with Crippen LogP contribution in [-0.2, 0) is 11.0 Å². The summed E-state index contributed by atoms with van der Waals surface area (Å²) in [6, 6.07) is 10.6. The van der Waals surface area contributed by atoms with Gasteiger partial charge < -0.3 is 4.74 Å². The van der Waals surface area contributed by atoms with Crippen LogP contribution in [0.3, 0.4) is 0 Å². The van der Waals surface area contributed by atoms with Crippen molar-refractivity contribution in [1.29, 1.82) is 0 Å². The number of aromatic nitrogens is 2. The van der Waals surface area contributed by atoms with E-state index in [-0.39, 0.29) is 34.8 Å². The average Bonchev–Trinajstić information content (AvgIpc) is 3.10. The molecule has 0 saturated carbocycles. The number of halogens is 3. The van der Waals surface area contributed by atoms with Crippen LogP contribution in [0.1, 0.15) is 29.0 Å². The van der Waals surface area contributed by atoms with Crippen molar-refractivity contribution in [2.45, 2.75) is 18.5 Å². The normalized spacial score (nSPS) is 16.2. The Kier molecular flexibility index (Phi) is 4.33. The molecule has 2 heterocycles. The fourth-order valence-electron chi connectivity index (χ4n) is 3.47. The minimum atomic E-state index is -4.62. The molecule has 1 aliphatic heterocycles. The van der Waals surface area contributed by atoms with E-state index >= 15 is 0 Å². The molecule has 1 atom stereocenters. The van der Waals surface area contributed by atoms with E-state index in [4.69, 9.17) is 4.74 Å². The van der Waals surface area contributed by atoms with Gasteiger partial charge in [-0.15, -0.1) is 5.10 Å². The van der Waals surface area contributed by atoms with Crippen molar-refractivity contribution in [2.24, 2.45) is 0 Å². The lowest BCUT2D eigenvalue weighted by atomic mass is 9.83. The lowest BCUT2D eigenvalue weighted by Crippen LogP contribution is -2.23. The molecule has 1 aliphatic rings. The van der Waals surface area contributed by atoms with Gasteiger partial charge in [0, 0.05) is 23.6 Å². The number of non-ortho nitro benzene ring substituents is 1. The fourth-order valence-corrected chi connectivity index (χ4v) is 3.47. The van der Waals surface area contributed by atoms with Crippen LogP contribution < -0.4 is 4.74 Å². The molecule has 0 aliphatic carbocycles. The average molecular weight is 403 g/mol. The van der Waals surface area contributed by atoms with Gasteiger partial charge in [-0.25, -0.2) is 0 Å². The number of nitro benzene ring substituents is 1. The van der Waals surface area contributed by atoms with Crippen LogP contribution in [0.2, 0.25) is 0 Å². The van der Waals surface area contributed by atoms with Gasteiger partial charge in [0.2, 0.25) is 5.88 Å². The summed E-state index contributed by atoms with van der Waals surface area (Å²) in [6.45, 7) is 0. The molecule has 2 aromatic carbocycles. The van der Waals surface area contributed by atoms with E-state index in [1.807, 2.05) is 0 Å². The molecule has 1 aromatic heterocycles. The first-order valence-electron chi connectivity index (χ1n) is 8.45. The Balaban J connectivity index is 1.91. The second-order valence-electron chi connectivity index (χ2n) is 6.44. The molecule has 1 N–H and O–H groups in total. The highest BCUT2D eigenvalue weighted by atomic mass is 19.4. The van der Waals surface area contributed by atoms with Crippen LogP contribution in [0.25, 0.3) is 11.3 Å². The van der Waals surface area contributed by atoms with E-state index in [1.54, 1.807) is 6.07 Å². The quantitative estimate of drug-likeness (QED) is 0.396. The van der Waals surface area contributed by atoms with E-state index < -0.39 is 28.6 Å². The zero-order chi connectivity index (χ0) is 20.8. The van der Waals surface area contributed by atoms with Gasteiger partial charge in [0.25, 0.3) is 5.69 Å². The monoisotopic (exact) mass is 403 g/mol. The summed E-state index contributed by atoms with van der Waals surface area (Å²) in [6.07, 6.45) is -4.94. The largest absolute Gasteiger partial charge is 0.416 e. The summed E-state index contributed by atoms with van der Waals surface area (Å²) >= 11 is 0. The van der Waals surface area contributed by atoms with Crippen molar-refractivity contribution < 1.29 is 27.6 Å². The number of nitro groups is 1. The van der Waals surface area contributed by atoms with E-state index in [0.717, 1.165) is 6.07 Å². The molecule has 0 bridgehead atoms. The number of ether oxygens (including phenoxy) is 1. The Hall–Kier alpha value is -3.69. The number of fused-ring (bicyclic) bond motifs is 1. The summed E-state index contributed by atoms with van der Waals surface area (Å²) in [5.74, 6) is -1.82. The molecule has 29 heavy (non-hydrogen) atoms. The second-order valence-corrected chi connectivity index (χ2v) is 6.44. The van der Waals surface area contributed by atoms with Crippen molar-refractivity contribution in [3.63, 3.8) is 0 Å². The third kappa shape index (κ3) is 3.33. The molecule has 0 radical (unpaired) electrons. The molecular formula is C19H12F3N3O4. The number of H-pyrrole nitrogens is 1. The van der Waals surface area contributed by atoms with Gasteiger partial charge in [-0.05, 0) is 11.6 Å².